The molecule has 0 bridgehead atoms. The largest absolute Gasteiger partial charge is 0.325 e. The summed E-state index contributed by atoms with van der Waals surface area (Å²) >= 11 is 0. The zero-order valence-electron chi connectivity index (χ0n) is 20.5. The predicted molar refractivity (Wildman–Crippen MR) is 138 cm³/mol. The smallest absolute Gasteiger partial charge is 0.258 e. The third kappa shape index (κ3) is 4.81. The molecule has 188 valence electrons. The number of rotatable bonds is 6. The minimum absolute atomic E-state index is 0.0260. The van der Waals surface area contributed by atoms with E-state index in [-0.39, 0.29) is 18.4 Å². The Morgan fingerprint density at radius 2 is 1.86 bits per heavy atom. The Morgan fingerprint density at radius 1 is 1.09 bits per heavy atom. The van der Waals surface area contributed by atoms with E-state index in [0.717, 1.165) is 36.0 Å². The Hall–Kier alpha value is -2.49. The number of carbonyl (C=O) groups is 2. The molecule has 2 aromatic carbocycles. The van der Waals surface area contributed by atoms with Gasteiger partial charge in [-0.1, -0.05) is 12.1 Å². The number of sulfonamides is 1. The molecule has 2 saturated heterocycles. The molecule has 3 heterocycles. The molecule has 2 fully saturated rings. The van der Waals surface area contributed by atoms with Crippen LogP contribution >= 0.6 is 0 Å². The number of amides is 2. The van der Waals surface area contributed by atoms with Gasteiger partial charge in [0.25, 0.3) is 5.91 Å². The number of nitrogens with zero attached hydrogens (tertiary/aromatic N) is 3. The molecule has 5 rings (SSSR count). The molecule has 0 radical (unpaired) electrons. The molecule has 1 unspecified atom stereocenters. The highest BCUT2D eigenvalue weighted by Crippen LogP contribution is 2.41. The highest BCUT2D eigenvalue weighted by Gasteiger charge is 2.33. The first kappa shape index (κ1) is 24.2. The summed E-state index contributed by atoms with van der Waals surface area (Å²) in [5.74, 6) is 0.0912. The molecule has 0 aliphatic carbocycles. The van der Waals surface area contributed by atoms with Gasteiger partial charge in [-0.25, -0.2) is 12.7 Å². The van der Waals surface area contributed by atoms with Crippen LogP contribution in [-0.4, -0.2) is 75.5 Å². The van der Waals surface area contributed by atoms with Crippen LogP contribution in [0, 0.1) is 11.8 Å². The van der Waals surface area contributed by atoms with Crippen molar-refractivity contribution in [1.29, 1.82) is 0 Å². The fourth-order valence-electron chi connectivity index (χ4n) is 5.73. The predicted octanol–water partition coefficient (Wildman–Crippen LogP) is 3.14. The molecule has 2 amide bonds. The molecule has 35 heavy (non-hydrogen) atoms. The van der Waals surface area contributed by atoms with Crippen LogP contribution in [-0.2, 0) is 14.8 Å². The Bertz CT molecular complexity index is 1250. The maximum Gasteiger partial charge on any atom is 0.258 e. The molecular formula is C26H34N4O4S. The van der Waals surface area contributed by atoms with Crippen molar-refractivity contribution in [2.45, 2.75) is 32.1 Å². The van der Waals surface area contributed by atoms with E-state index in [9.17, 15) is 18.0 Å². The van der Waals surface area contributed by atoms with Crippen LogP contribution in [0.3, 0.4) is 0 Å². The summed E-state index contributed by atoms with van der Waals surface area (Å²) < 4.78 is 25.3. The lowest BCUT2D eigenvalue weighted by atomic mass is 9.93. The Kier molecular flexibility index (Phi) is 6.59. The molecule has 8 nitrogen and oxygen atoms in total. The summed E-state index contributed by atoms with van der Waals surface area (Å²) in [5.41, 5.74) is 2.25. The first-order valence-corrected chi connectivity index (χ1v) is 14.4. The highest BCUT2D eigenvalue weighted by atomic mass is 32.2. The maximum atomic E-state index is 13.3. The summed E-state index contributed by atoms with van der Waals surface area (Å²) in [6.45, 7) is 3.58. The van der Waals surface area contributed by atoms with E-state index in [4.69, 9.17) is 0 Å². The minimum atomic E-state index is -3.32. The van der Waals surface area contributed by atoms with Gasteiger partial charge in [-0.3, -0.25) is 9.59 Å². The Morgan fingerprint density at radius 3 is 2.60 bits per heavy atom. The highest BCUT2D eigenvalue weighted by molar-refractivity contribution is 7.88. The van der Waals surface area contributed by atoms with E-state index in [1.807, 2.05) is 35.2 Å². The number of benzene rings is 2. The van der Waals surface area contributed by atoms with Gasteiger partial charge in [0.05, 0.1) is 17.9 Å². The summed E-state index contributed by atoms with van der Waals surface area (Å²) in [6, 6.07) is 9.47. The van der Waals surface area contributed by atoms with E-state index in [1.165, 1.54) is 23.4 Å². The van der Waals surface area contributed by atoms with E-state index >= 15 is 0 Å². The molecule has 9 heteroatoms. The second-order valence-corrected chi connectivity index (χ2v) is 12.3. The second-order valence-electron chi connectivity index (χ2n) is 10.3. The molecule has 0 spiro atoms. The monoisotopic (exact) mass is 498 g/mol. The topological polar surface area (TPSA) is 90.0 Å². The van der Waals surface area contributed by atoms with Crippen molar-refractivity contribution in [1.82, 2.24) is 9.21 Å². The third-order valence-electron chi connectivity index (χ3n) is 7.87. The second kappa shape index (κ2) is 9.52. The maximum absolute atomic E-state index is 13.3. The summed E-state index contributed by atoms with van der Waals surface area (Å²) in [7, 11) is -1.17. The molecule has 0 aromatic heterocycles. The first-order chi connectivity index (χ1) is 16.7. The van der Waals surface area contributed by atoms with Crippen molar-refractivity contribution in [2.75, 3.05) is 56.2 Å². The van der Waals surface area contributed by atoms with Crippen molar-refractivity contribution >= 4 is 44.0 Å². The lowest BCUT2D eigenvalue weighted by Crippen LogP contribution is -2.43. The van der Waals surface area contributed by atoms with Gasteiger partial charge in [0.15, 0.2) is 0 Å². The van der Waals surface area contributed by atoms with Crippen molar-refractivity contribution < 1.29 is 18.0 Å². The normalized spacial score (nSPS) is 22.2. The Balaban J connectivity index is 1.34. The van der Waals surface area contributed by atoms with Gasteiger partial charge in [0.2, 0.25) is 15.9 Å². The van der Waals surface area contributed by atoms with Crippen LogP contribution in [0.25, 0.3) is 10.8 Å². The van der Waals surface area contributed by atoms with E-state index in [2.05, 4.69) is 17.3 Å². The van der Waals surface area contributed by atoms with Crippen LogP contribution < -0.4 is 10.2 Å². The quantitative estimate of drug-likeness (QED) is 0.661. The van der Waals surface area contributed by atoms with Crippen LogP contribution in [0.4, 0.5) is 11.4 Å². The molecule has 2 aromatic rings. The lowest BCUT2D eigenvalue weighted by Gasteiger charge is -2.30. The summed E-state index contributed by atoms with van der Waals surface area (Å²) in [4.78, 5) is 30.6. The summed E-state index contributed by atoms with van der Waals surface area (Å²) in [6.07, 6.45) is 5.84. The SMILES string of the molecule is CN1CCC(CCN2C(=O)c3cccc4c(NC(=O)C5CCCN(S(C)(=O)=O)C5)ccc2c34)CC1. The fraction of sp³-hybridized carbons (Fsp3) is 0.538. The molecule has 3 aliphatic rings. The molecule has 0 saturated carbocycles. The number of hydrogen-bond acceptors (Lipinski definition) is 5. The van der Waals surface area contributed by atoms with E-state index in [1.54, 1.807) is 0 Å². The number of piperidine rings is 2. The zero-order chi connectivity index (χ0) is 24.7. The van der Waals surface area contributed by atoms with Gasteiger partial charge in [-0.05, 0) is 76.4 Å². The van der Waals surface area contributed by atoms with Gasteiger partial charge in [-0.2, -0.15) is 0 Å². The van der Waals surface area contributed by atoms with Gasteiger partial charge in [0.1, 0.15) is 0 Å². The molecule has 3 aliphatic heterocycles. The number of anilines is 2. The number of carbonyl (C=O) groups excluding carboxylic acids is 2. The Labute approximate surface area is 207 Å². The lowest BCUT2D eigenvalue weighted by molar-refractivity contribution is -0.120. The van der Waals surface area contributed by atoms with Crippen molar-refractivity contribution in [3.05, 3.63) is 35.9 Å². The van der Waals surface area contributed by atoms with Gasteiger partial charge in [-0.15, -0.1) is 0 Å². The standard InChI is InChI=1S/C26H34N4O4S/c1-28-14-10-18(11-15-28)12-16-30-23-9-8-22(20-6-3-7-21(24(20)23)26(30)32)27-25(31)19-5-4-13-29(17-19)35(2,33)34/h3,6-9,18-19H,4-5,10-17H2,1-2H3,(H,27,31). The van der Waals surface area contributed by atoms with Crippen molar-refractivity contribution in [3.8, 4) is 0 Å². The van der Waals surface area contributed by atoms with Crippen LogP contribution in [0.1, 0.15) is 42.5 Å². The number of hydrogen-bond donors (Lipinski definition) is 1. The minimum Gasteiger partial charge on any atom is -0.325 e. The summed E-state index contributed by atoms with van der Waals surface area (Å²) in [5, 5.41) is 4.77. The third-order valence-corrected chi connectivity index (χ3v) is 9.14. The average molecular weight is 499 g/mol. The average Bonchev–Trinajstić information content (AvgIpc) is 3.12. The molecular weight excluding hydrogens is 464 g/mol. The fourth-order valence-corrected chi connectivity index (χ4v) is 6.64. The zero-order valence-corrected chi connectivity index (χ0v) is 21.3. The number of likely N-dealkylation sites (tertiary alicyclic amines) is 1. The first-order valence-electron chi connectivity index (χ1n) is 12.5. The molecule has 1 atom stereocenters. The van der Waals surface area contributed by atoms with E-state index < -0.39 is 15.9 Å². The van der Waals surface area contributed by atoms with Crippen LogP contribution in [0.5, 0.6) is 0 Å². The van der Waals surface area contributed by atoms with Gasteiger partial charge < -0.3 is 15.1 Å². The van der Waals surface area contributed by atoms with E-state index in [0.29, 0.717) is 43.1 Å². The van der Waals surface area contributed by atoms with Gasteiger partial charge in [0, 0.05) is 41.7 Å². The van der Waals surface area contributed by atoms with Gasteiger partial charge >= 0.3 is 0 Å². The molecule has 1 N–H and O–H groups in total. The van der Waals surface area contributed by atoms with Crippen molar-refractivity contribution in [3.63, 3.8) is 0 Å². The number of nitrogens with one attached hydrogen (secondary N) is 1. The van der Waals surface area contributed by atoms with Crippen LogP contribution in [0.15, 0.2) is 30.3 Å². The van der Waals surface area contributed by atoms with Crippen molar-refractivity contribution in [2.24, 2.45) is 11.8 Å². The van der Waals surface area contributed by atoms with Crippen LogP contribution in [0.2, 0.25) is 0 Å².